The zero-order valence-corrected chi connectivity index (χ0v) is 12.3. The molecule has 1 unspecified atom stereocenters. The summed E-state index contributed by atoms with van der Waals surface area (Å²) in [6.07, 6.45) is 0. The fraction of sp³-hybridized carbons (Fsp3) is 0.462. The van der Waals surface area contributed by atoms with Gasteiger partial charge in [0.15, 0.2) is 5.82 Å². The number of anilines is 1. The summed E-state index contributed by atoms with van der Waals surface area (Å²) < 4.78 is 1.82. The number of hydrogen-bond donors (Lipinski definition) is 1. The molecule has 0 amide bonds. The molecule has 0 saturated heterocycles. The first-order chi connectivity index (χ1) is 8.80. The highest BCUT2D eigenvalue weighted by Crippen LogP contribution is 2.33. The predicted octanol–water partition coefficient (Wildman–Crippen LogP) is 3.18. The van der Waals surface area contributed by atoms with Gasteiger partial charge >= 0.3 is 0 Å². The first-order valence-electron chi connectivity index (χ1n) is 6.14. The molecule has 5 nitrogen and oxygen atoms in total. The van der Waals surface area contributed by atoms with Gasteiger partial charge in [-0.15, -0.1) is 5.10 Å². The van der Waals surface area contributed by atoms with Crippen LogP contribution in [0.2, 0.25) is 5.02 Å². The summed E-state index contributed by atoms with van der Waals surface area (Å²) in [5.74, 6) is 0.698. The minimum atomic E-state index is 0.0573. The quantitative estimate of drug-likeness (QED) is 0.857. The van der Waals surface area contributed by atoms with Crippen LogP contribution in [0.15, 0.2) is 18.2 Å². The predicted molar refractivity (Wildman–Crippen MR) is 76.8 cm³/mol. The van der Waals surface area contributed by atoms with Crippen LogP contribution in [-0.2, 0) is 0 Å². The Kier molecular flexibility index (Phi) is 3.49. The van der Waals surface area contributed by atoms with E-state index in [0.717, 1.165) is 5.56 Å². The van der Waals surface area contributed by atoms with Crippen molar-refractivity contribution in [2.24, 2.45) is 5.41 Å². The average molecular weight is 280 g/mol. The van der Waals surface area contributed by atoms with Gasteiger partial charge in [0.25, 0.3) is 0 Å². The van der Waals surface area contributed by atoms with E-state index in [1.54, 1.807) is 12.1 Å². The van der Waals surface area contributed by atoms with Crippen molar-refractivity contribution in [3.63, 3.8) is 0 Å². The Bertz CT molecular complexity index is 585. The van der Waals surface area contributed by atoms with Crippen LogP contribution in [0.5, 0.6) is 0 Å². The summed E-state index contributed by atoms with van der Waals surface area (Å²) in [5.41, 5.74) is 7.19. The maximum absolute atomic E-state index is 6.05. The molecule has 1 atom stereocenters. The normalized spacial score (nSPS) is 13.5. The lowest BCUT2D eigenvalue weighted by molar-refractivity contribution is 0.243. The molecular formula is C13H18ClN5. The Labute approximate surface area is 117 Å². The topological polar surface area (TPSA) is 69.6 Å². The summed E-state index contributed by atoms with van der Waals surface area (Å²) in [7, 11) is 0. The summed E-state index contributed by atoms with van der Waals surface area (Å²) in [6, 6.07) is 5.58. The smallest absolute Gasteiger partial charge is 0.182 e. The minimum Gasteiger partial charge on any atom is -0.398 e. The van der Waals surface area contributed by atoms with Crippen molar-refractivity contribution >= 4 is 17.3 Å². The van der Waals surface area contributed by atoms with Gasteiger partial charge < -0.3 is 5.73 Å². The lowest BCUT2D eigenvalue weighted by Crippen LogP contribution is -2.23. The molecule has 2 N–H and O–H groups in total. The zero-order valence-electron chi connectivity index (χ0n) is 11.6. The van der Waals surface area contributed by atoms with Crippen LogP contribution in [-0.4, -0.2) is 20.2 Å². The van der Waals surface area contributed by atoms with Crippen LogP contribution in [0.1, 0.15) is 33.7 Å². The Morgan fingerprint density at radius 1 is 1.32 bits per heavy atom. The van der Waals surface area contributed by atoms with Crippen molar-refractivity contribution in [3.05, 3.63) is 23.2 Å². The average Bonchev–Trinajstić information content (AvgIpc) is 2.79. The highest BCUT2D eigenvalue weighted by Gasteiger charge is 2.25. The monoisotopic (exact) mass is 279 g/mol. The number of hydrogen-bond acceptors (Lipinski definition) is 4. The molecule has 1 aromatic heterocycles. The molecule has 0 spiro atoms. The number of benzene rings is 1. The number of nitrogens with zero attached hydrogens (tertiary/aromatic N) is 4. The van der Waals surface area contributed by atoms with Gasteiger partial charge in [0.2, 0.25) is 0 Å². The standard InChI is InChI=1S/C13H18ClN5/c1-8(13(2,3)4)19-12(16-17-18-19)9-5-6-11(15)10(14)7-9/h5-8H,15H2,1-4H3. The van der Waals surface area contributed by atoms with Gasteiger partial charge in [0.05, 0.1) is 16.8 Å². The van der Waals surface area contributed by atoms with Gasteiger partial charge in [-0.25, -0.2) is 4.68 Å². The molecule has 6 heteroatoms. The number of tetrazole rings is 1. The van der Waals surface area contributed by atoms with E-state index in [-0.39, 0.29) is 11.5 Å². The molecule has 102 valence electrons. The molecule has 0 saturated carbocycles. The summed E-state index contributed by atoms with van der Waals surface area (Å²) in [6.45, 7) is 8.55. The molecule has 0 bridgehead atoms. The van der Waals surface area contributed by atoms with Crippen molar-refractivity contribution in [2.75, 3.05) is 5.73 Å². The molecule has 19 heavy (non-hydrogen) atoms. The molecule has 0 aliphatic rings. The molecule has 2 rings (SSSR count). The second-order valence-electron chi connectivity index (χ2n) is 5.73. The lowest BCUT2D eigenvalue weighted by Gasteiger charge is -2.27. The first kappa shape index (κ1) is 13.8. The largest absolute Gasteiger partial charge is 0.398 e. The van der Waals surface area contributed by atoms with Crippen LogP contribution < -0.4 is 5.73 Å². The maximum Gasteiger partial charge on any atom is 0.182 e. The van der Waals surface area contributed by atoms with E-state index in [1.807, 2.05) is 10.7 Å². The van der Waals surface area contributed by atoms with E-state index in [1.165, 1.54) is 0 Å². The highest BCUT2D eigenvalue weighted by molar-refractivity contribution is 6.33. The van der Waals surface area contributed by atoms with Gasteiger partial charge in [-0.2, -0.15) is 0 Å². The van der Waals surface area contributed by atoms with E-state index in [2.05, 4.69) is 43.2 Å². The van der Waals surface area contributed by atoms with Gasteiger partial charge in [0.1, 0.15) is 0 Å². The molecular weight excluding hydrogens is 262 g/mol. The molecule has 1 heterocycles. The van der Waals surface area contributed by atoms with E-state index in [9.17, 15) is 0 Å². The third-order valence-electron chi connectivity index (χ3n) is 3.37. The fourth-order valence-electron chi connectivity index (χ4n) is 1.68. The van der Waals surface area contributed by atoms with Crippen LogP contribution in [0, 0.1) is 5.41 Å². The second-order valence-corrected chi connectivity index (χ2v) is 6.13. The molecule has 0 radical (unpaired) electrons. The number of nitrogen functional groups attached to an aromatic ring is 1. The van der Waals surface area contributed by atoms with E-state index in [4.69, 9.17) is 17.3 Å². The number of halogens is 1. The zero-order chi connectivity index (χ0) is 14.2. The summed E-state index contributed by atoms with van der Waals surface area (Å²) in [5, 5.41) is 12.5. The van der Waals surface area contributed by atoms with Gasteiger partial charge in [-0.05, 0) is 41.0 Å². The van der Waals surface area contributed by atoms with Gasteiger partial charge in [0, 0.05) is 5.56 Å². The van der Waals surface area contributed by atoms with Crippen molar-refractivity contribution < 1.29 is 0 Å². The molecule has 0 fully saturated rings. The van der Waals surface area contributed by atoms with E-state index >= 15 is 0 Å². The van der Waals surface area contributed by atoms with Crippen molar-refractivity contribution in [1.29, 1.82) is 0 Å². The molecule has 1 aromatic carbocycles. The first-order valence-corrected chi connectivity index (χ1v) is 6.52. The number of rotatable bonds is 2. The van der Waals surface area contributed by atoms with Crippen LogP contribution in [0.25, 0.3) is 11.4 Å². The van der Waals surface area contributed by atoms with Gasteiger partial charge in [-0.1, -0.05) is 32.4 Å². The van der Waals surface area contributed by atoms with Crippen molar-refractivity contribution in [3.8, 4) is 11.4 Å². The molecule has 0 aliphatic heterocycles. The third kappa shape index (κ3) is 2.71. The fourth-order valence-corrected chi connectivity index (χ4v) is 1.86. The van der Waals surface area contributed by atoms with Crippen LogP contribution in [0.4, 0.5) is 5.69 Å². The van der Waals surface area contributed by atoms with Crippen LogP contribution >= 0.6 is 11.6 Å². The summed E-state index contributed by atoms with van der Waals surface area (Å²) in [4.78, 5) is 0. The van der Waals surface area contributed by atoms with Gasteiger partial charge in [-0.3, -0.25) is 0 Å². The Morgan fingerprint density at radius 2 is 2.00 bits per heavy atom. The Balaban J connectivity index is 2.47. The summed E-state index contributed by atoms with van der Waals surface area (Å²) >= 11 is 6.05. The van der Waals surface area contributed by atoms with Crippen LogP contribution in [0.3, 0.4) is 0 Å². The molecule has 2 aromatic rings. The van der Waals surface area contributed by atoms with E-state index < -0.39 is 0 Å². The Hall–Kier alpha value is -1.62. The second kappa shape index (κ2) is 4.81. The number of aromatic nitrogens is 4. The van der Waals surface area contributed by atoms with Crippen molar-refractivity contribution in [1.82, 2.24) is 20.2 Å². The maximum atomic E-state index is 6.05. The van der Waals surface area contributed by atoms with Crippen molar-refractivity contribution in [2.45, 2.75) is 33.7 Å². The minimum absolute atomic E-state index is 0.0573. The SMILES string of the molecule is CC(n1nnnc1-c1ccc(N)c(Cl)c1)C(C)(C)C. The lowest BCUT2D eigenvalue weighted by atomic mass is 9.88. The number of nitrogens with two attached hydrogens (primary N) is 1. The third-order valence-corrected chi connectivity index (χ3v) is 3.70. The highest BCUT2D eigenvalue weighted by atomic mass is 35.5. The molecule has 0 aliphatic carbocycles. The van der Waals surface area contributed by atoms with E-state index in [0.29, 0.717) is 16.5 Å². The Morgan fingerprint density at radius 3 is 2.58 bits per heavy atom.